The first kappa shape index (κ1) is 10.8. The predicted octanol–water partition coefficient (Wildman–Crippen LogP) is 1.97. The van der Waals surface area contributed by atoms with Gasteiger partial charge in [0, 0.05) is 6.42 Å². The molecule has 2 N–H and O–H groups in total. The van der Waals surface area contributed by atoms with Gasteiger partial charge in [-0.3, -0.25) is 0 Å². The van der Waals surface area contributed by atoms with E-state index in [0.29, 0.717) is 19.3 Å². The second kappa shape index (κ2) is 3.87. The fraction of sp³-hybridized carbons (Fsp3) is 0.778. The molecule has 0 aromatic rings. The van der Waals surface area contributed by atoms with Crippen LogP contribution in [0.1, 0.15) is 33.1 Å². The van der Waals surface area contributed by atoms with Gasteiger partial charge in [0.15, 0.2) is 0 Å². The van der Waals surface area contributed by atoms with E-state index in [4.69, 9.17) is 0 Å². The summed E-state index contributed by atoms with van der Waals surface area (Å²) in [7, 11) is -2.21. The Morgan fingerprint density at radius 2 is 2.38 bits per heavy atom. The van der Waals surface area contributed by atoms with Crippen molar-refractivity contribution in [1.29, 1.82) is 0 Å². The van der Waals surface area contributed by atoms with Crippen LogP contribution in [0.2, 0.25) is 0 Å². The minimum atomic E-state index is -2.21. The highest BCUT2D eigenvalue weighted by atomic mass is 31.1. The van der Waals surface area contributed by atoms with Gasteiger partial charge in [0.25, 0.3) is 0 Å². The van der Waals surface area contributed by atoms with Crippen LogP contribution in [-0.4, -0.2) is 21.3 Å². The summed E-state index contributed by atoms with van der Waals surface area (Å²) in [5.41, 5.74) is 0.936. The molecular formula is C9H16O3P+. The van der Waals surface area contributed by atoms with Crippen molar-refractivity contribution in [2.45, 2.75) is 44.4 Å². The maximum absolute atomic E-state index is 11.2. The molecule has 0 amide bonds. The van der Waals surface area contributed by atoms with Crippen molar-refractivity contribution in [2.24, 2.45) is 0 Å². The zero-order valence-electron chi connectivity index (χ0n) is 8.03. The molecule has 0 spiro atoms. The summed E-state index contributed by atoms with van der Waals surface area (Å²) in [6, 6.07) is 0. The van der Waals surface area contributed by atoms with E-state index in [2.05, 4.69) is 0 Å². The van der Waals surface area contributed by atoms with Gasteiger partial charge in [0.05, 0.1) is 6.10 Å². The van der Waals surface area contributed by atoms with Crippen molar-refractivity contribution in [1.82, 2.24) is 0 Å². The third-order valence-corrected chi connectivity index (χ3v) is 4.34. The molecule has 74 valence electrons. The average molecular weight is 203 g/mol. The Labute approximate surface area is 79.3 Å². The quantitative estimate of drug-likeness (QED) is 0.544. The van der Waals surface area contributed by atoms with Crippen LogP contribution in [0.25, 0.3) is 0 Å². The Kier molecular flexibility index (Phi) is 3.23. The molecule has 0 aliphatic heterocycles. The van der Waals surface area contributed by atoms with Crippen LogP contribution in [0.3, 0.4) is 0 Å². The summed E-state index contributed by atoms with van der Waals surface area (Å²) in [4.78, 5) is 9.20. The van der Waals surface area contributed by atoms with E-state index < -0.39 is 13.2 Å². The second-order valence-electron chi connectivity index (χ2n) is 3.72. The lowest BCUT2D eigenvalue weighted by Crippen LogP contribution is -2.22. The Balaban J connectivity index is 2.84. The number of hydrogen-bond donors (Lipinski definition) is 2. The lowest BCUT2D eigenvalue weighted by atomic mass is 9.96. The van der Waals surface area contributed by atoms with Crippen LogP contribution >= 0.6 is 8.03 Å². The van der Waals surface area contributed by atoms with Crippen molar-refractivity contribution >= 4 is 8.03 Å². The molecule has 0 aromatic carbocycles. The average Bonchev–Trinajstić information content (AvgIpc) is 2.50. The van der Waals surface area contributed by atoms with Gasteiger partial charge in [-0.05, 0) is 29.9 Å². The molecule has 1 aliphatic carbocycles. The number of aliphatic hydroxyl groups excluding tert-OH is 1. The molecular weight excluding hydrogens is 187 g/mol. The molecule has 0 bridgehead atoms. The van der Waals surface area contributed by atoms with Gasteiger partial charge in [-0.15, -0.1) is 0 Å². The molecule has 4 heteroatoms. The molecule has 0 saturated heterocycles. The second-order valence-corrected chi connectivity index (χ2v) is 5.26. The van der Waals surface area contributed by atoms with Crippen molar-refractivity contribution < 1.29 is 14.6 Å². The highest BCUT2D eigenvalue weighted by Gasteiger charge is 2.47. The van der Waals surface area contributed by atoms with E-state index in [-0.39, 0.29) is 6.10 Å². The Hall–Kier alpha value is -0.240. The van der Waals surface area contributed by atoms with E-state index in [1.54, 1.807) is 6.92 Å². The monoisotopic (exact) mass is 203 g/mol. The lowest BCUT2D eigenvalue weighted by Gasteiger charge is -2.16. The standard InChI is InChI=1S/C9H15O3P/c1-3-9(2,13(11)12)7-4-5-8(10)6-7/h4,8,10H,3,5-6H2,1-2H3/p+1. The Morgan fingerprint density at radius 3 is 2.69 bits per heavy atom. The molecule has 1 rings (SSSR count). The number of rotatable bonds is 3. The van der Waals surface area contributed by atoms with E-state index >= 15 is 0 Å². The van der Waals surface area contributed by atoms with Crippen LogP contribution in [0.4, 0.5) is 0 Å². The predicted molar refractivity (Wildman–Crippen MR) is 51.8 cm³/mol. The van der Waals surface area contributed by atoms with Crippen molar-refractivity contribution in [3.05, 3.63) is 11.6 Å². The molecule has 1 aliphatic rings. The summed E-state index contributed by atoms with van der Waals surface area (Å²) >= 11 is 0. The normalized spacial score (nSPS) is 28.2. The van der Waals surface area contributed by atoms with Gasteiger partial charge in [-0.1, -0.05) is 13.0 Å². The summed E-state index contributed by atoms with van der Waals surface area (Å²) < 4.78 is 11.2. The van der Waals surface area contributed by atoms with Crippen LogP contribution in [0, 0.1) is 0 Å². The molecule has 3 unspecified atom stereocenters. The molecule has 0 aromatic heterocycles. The fourth-order valence-electron chi connectivity index (χ4n) is 1.62. The molecule has 3 atom stereocenters. The Morgan fingerprint density at radius 1 is 1.77 bits per heavy atom. The van der Waals surface area contributed by atoms with Gasteiger partial charge in [-0.25, -0.2) is 0 Å². The van der Waals surface area contributed by atoms with Crippen molar-refractivity contribution in [2.75, 3.05) is 0 Å². The lowest BCUT2D eigenvalue weighted by molar-refractivity contribution is 0.186. The van der Waals surface area contributed by atoms with E-state index in [1.165, 1.54) is 0 Å². The maximum Gasteiger partial charge on any atom is 0.516 e. The molecule has 0 fully saturated rings. The maximum atomic E-state index is 11.2. The summed E-state index contributed by atoms with van der Waals surface area (Å²) in [6.45, 7) is 3.69. The number of aliphatic hydroxyl groups is 1. The van der Waals surface area contributed by atoms with Gasteiger partial charge in [0.2, 0.25) is 5.16 Å². The smallest absolute Gasteiger partial charge is 0.392 e. The third-order valence-electron chi connectivity index (χ3n) is 2.89. The summed E-state index contributed by atoms with van der Waals surface area (Å²) in [6.07, 6.45) is 3.35. The summed E-state index contributed by atoms with van der Waals surface area (Å²) in [5, 5.41) is 8.68. The first-order valence-electron chi connectivity index (χ1n) is 4.54. The van der Waals surface area contributed by atoms with Crippen molar-refractivity contribution in [3.63, 3.8) is 0 Å². The van der Waals surface area contributed by atoms with Gasteiger partial charge in [-0.2, -0.15) is 4.89 Å². The third kappa shape index (κ3) is 1.98. The minimum Gasteiger partial charge on any atom is -0.392 e. The highest BCUT2D eigenvalue weighted by Crippen LogP contribution is 2.47. The molecule has 13 heavy (non-hydrogen) atoms. The van der Waals surface area contributed by atoms with Crippen LogP contribution in [0.15, 0.2) is 11.6 Å². The summed E-state index contributed by atoms with van der Waals surface area (Å²) in [5.74, 6) is 0. The van der Waals surface area contributed by atoms with Gasteiger partial charge < -0.3 is 5.11 Å². The minimum absolute atomic E-state index is 0.351. The topological polar surface area (TPSA) is 57.5 Å². The molecule has 0 heterocycles. The largest absolute Gasteiger partial charge is 0.516 e. The highest BCUT2D eigenvalue weighted by molar-refractivity contribution is 7.40. The SMILES string of the molecule is CCC(C)(C1=CCC(O)C1)[P+](=O)O. The molecule has 0 radical (unpaired) electrons. The van der Waals surface area contributed by atoms with E-state index in [1.807, 2.05) is 13.0 Å². The van der Waals surface area contributed by atoms with E-state index in [9.17, 15) is 14.6 Å². The van der Waals surface area contributed by atoms with Crippen LogP contribution in [-0.2, 0) is 4.57 Å². The van der Waals surface area contributed by atoms with Crippen molar-refractivity contribution in [3.8, 4) is 0 Å². The molecule has 0 saturated carbocycles. The first-order valence-corrected chi connectivity index (χ1v) is 5.75. The zero-order valence-corrected chi connectivity index (χ0v) is 8.92. The van der Waals surface area contributed by atoms with Crippen LogP contribution in [0.5, 0.6) is 0 Å². The van der Waals surface area contributed by atoms with E-state index in [0.717, 1.165) is 5.57 Å². The first-order chi connectivity index (χ1) is 6.00. The van der Waals surface area contributed by atoms with Gasteiger partial charge in [0.1, 0.15) is 0 Å². The van der Waals surface area contributed by atoms with Crippen LogP contribution < -0.4 is 0 Å². The zero-order chi connectivity index (χ0) is 10.1. The molecule has 3 nitrogen and oxygen atoms in total. The van der Waals surface area contributed by atoms with Gasteiger partial charge >= 0.3 is 8.03 Å². The fourth-order valence-corrected chi connectivity index (χ4v) is 2.32. The number of hydrogen-bond acceptors (Lipinski definition) is 2. The Bertz CT molecular complexity index is 249.